The molecule has 0 aliphatic carbocycles. The van der Waals surface area contributed by atoms with E-state index < -0.39 is 0 Å². The molecule has 2 heterocycles. The summed E-state index contributed by atoms with van der Waals surface area (Å²) in [6, 6.07) is 10.0. The topological polar surface area (TPSA) is 77.7 Å². The van der Waals surface area contributed by atoms with Crippen LogP contribution in [0.4, 0.5) is 0 Å². The molecule has 0 bridgehead atoms. The Balaban J connectivity index is 1.65. The summed E-state index contributed by atoms with van der Waals surface area (Å²) in [6.07, 6.45) is 1.97. The van der Waals surface area contributed by atoms with Gasteiger partial charge in [-0.3, -0.25) is 9.47 Å². The molecule has 1 saturated heterocycles. The first-order valence-electron chi connectivity index (χ1n) is 8.08. The van der Waals surface area contributed by atoms with Crippen LogP contribution in [-0.2, 0) is 13.1 Å². The average molecular weight is 311 g/mol. The average Bonchev–Trinajstić information content (AvgIpc) is 2.97. The molecule has 0 unspecified atom stereocenters. The largest absolute Gasteiger partial charge is 0.343 e. The second-order valence-corrected chi connectivity index (χ2v) is 5.95. The maximum Gasteiger partial charge on any atom is 0.343 e. The number of aromatic amines is 1. The van der Waals surface area contributed by atoms with Crippen LogP contribution in [0.25, 0.3) is 0 Å². The number of nitriles is 1. The Bertz CT molecular complexity index is 762. The molecule has 1 aliphatic heterocycles. The predicted octanol–water partition coefficient (Wildman–Crippen LogP) is 1.84. The van der Waals surface area contributed by atoms with Gasteiger partial charge in [-0.1, -0.05) is 18.2 Å². The summed E-state index contributed by atoms with van der Waals surface area (Å²) in [5.74, 6) is 1.21. The van der Waals surface area contributed by atoms with Gasteiger partial charge in [0.1, 0.15) is 5.82 Å². The first-order valence-corrected chi connectivity index (χ1v) is 8.08. The molecule has 1 N–H and O–H groups in total. The maximum atomic E-state index is 11.7. The van der Waals surface area contributed by atoms with Crippen molar-refractivity contribution in [2.45, 2.75) is 38.8 Å². The number of hydrogen-bond acceptors (Lipinski definition) is 4. The van der Waals surface area contributed by atoms with Gasteiger partial charge in [-0.25, -0.2) is 9.89 Å². The Morgan fingerprint density at radius 2 is 2.09 bits per heavy atom. The van der Waals surface area contributed by atoms with Crippen molar-refractivity contribution >= 4 is 0 Å². The minimum absolute atomic E-state index is 0.118. The van der Waals surface area contributed by atoms with Crippen molar-refractivity contribution < 1.29 is 0 Å². The van der Waals surface area contributed by atoms with E-state index in [1.54, 1.807) is 4.57 Å². The minimum Gasteiger partial charge on any atom is -0.299 e. The standard InChI is InChI=1S/C17H21N5O/c1-2-22-16(19-20-17(22)23)13-7-9-21(10-8-13)12-15-6-4-3-5-14(15)11-18/h3-6,13H,2,7-10,12H2,1H3,(H,20,23). The Labute approximate surface area is 135 Å². The monoisotopic (exact) mass is 311 g/mol. The Hall–Kier alpha value is -2.39. The number of H-pyrrole nitrogens is 1. The lowest BCUT2D eigenvalue weighted by Gasteiger charge is -2.31. The lowest BCUT2D eigenvalue weighted by atomic mass is 9.95. The SMILES string of the molecule is CCn1c(C2CCN(Cc3ccccc3C#N)CC2)n[nH]c1=O. The fourth-order valence-electron chi connectivity index (χ4n) is 3.30. The van der Waals surface area contributed by atoms with Crippen LogP contribution in [0.15, 0.2) is 29.1 Å². The molecule has 6 heteroatoms. The third kappa shape index (κ3) is 3.20. The highest BCUT2D eigenvalue weighted by Crippen LogP contribution is 2.27. The molecule has 1 fully saturated rings. The second kappa shape index (κ2) is 6.80. The van der Waals surface area contributed by atoms with Gasteiger partial charge in [0.15, 0.2) is 0 Å². The normalized spacial score (nSPS) is 16.3. The van der Waals surface area contributed by atoms with Crippen LogP contribution < -0.4 is 5.69 Å². The van der Waals surface area contributed by atoms with Crippen LogP contribution in [0.2, 0.25) is 0 Å². The number of nitrogens with one attached hydrogen (secondary N) is 1. The van der Waals surface area contributed by atoms with E-state index in [0.717, 1.165) is 49.4 Å². The molecular weight excluding hydrogens is 290 g/mol. The summed E-state index contributed by atoms with van der Waals surface area (Å²) < 4.78 is 1.73. The predicted molar refractivity (Wildman–Crippen MR) is 86.9 cm³/mol. The van der Waals surface area contributed by atoms with Gasteiger partial charge in [-0.05, 0) is 44.5 Å². The lowest BCUT2D eigenvalue weighted by Crippen LogP contribution is -2.34. The van der Waals surface area contributed by atoms with E-state index in [1.807, 2.05) is 31.2 Å². The fraction of sp³-hybridized carbons (Fsp3) is 0.471. The van der Waals surface area contributed by atoms with Crippen molar-refractivity contribution in [1.29, 1.82) is 5.26 Å². The summed E-state index contributed by atoms with van der Waals surface area (Å²) >= 11 is 0. The van der Waals surface area contributed by atoms with Gasteiger partial charge in [0, 0.05) is 19.0 Å². The van der Waals surface area contributed by atoms with Gasteiger partial charge < -0.3 is 0 Å². The molecule has 3 rings (SSSR count). The van der Waals surface area contributed by atoms with Crippen molar-refractivity contribution in [3.63, 3.8) is 0 Å². The van der Waals surface area contributed by atoms with E-state index in [1.165, 1.54) is 0 Å². The zero-order valence-corrected chi connectivity index (χ0v) is 13.3. The van der Waals surface area contributed by atoms with Crippen LogP contribution in [0.1, 0.15) is 42.6 Å². The number of hydrogen-bond donors (Lipinski definition) is 1. The number of rotatable bonds is 4. The van der Waals surface area contributed by atoms with Crippen LogP contribution in [-0.4, -0.2) is 32.8 Å². The molecule has 0 radical (unpaired) electrons. The van der Waals surface area contributed by atoms with Gasteiger partial charge in [-0.2, -0.15) is 10.4 Å². The molecule has 1 aromatic carbocycles. The molecule has 0 spiro atoms. The van der Waals surface area contributed by atoms with E-state index >= 15 is 0 Å². The second-order valence-electron chi connectivity index (χ2n) is 5.95. The van der Waals surface area contributed by atoms with Crippen molar-refractivity contribution in [2.75, 3.05) is 13.1 Å². The Morgan fingerprint density at radius 3 is 2.78 bits per heavy atom. The Morgan fingerprint density at radius 1 is 1.35 bits per heavy atom. The number of benzene rings is 1. The Kier molecular flexibility index (Phi) is 4.58. The molecule has 0 amide bonds. The van der Waals surface area contributed by atoms with E-state index in [0.29, 0.717) is 12.5 Å². The van der Waals surface area contributed by atoms with Gasteiger partial charge in [-0.15, -0.1) is 0 Å². The summed E-state index contributed by atoms with van der Waals surface area (Å²) in [7, 11) is 0. The molecule has 1 aliphatic rings. The van der Waals surface area contributed by atoms with Crippen LogP contribution >= 0.6 is 0 Å². The highest BCUT2D eigenvalue weighted by atomic mass is 16.1. The third-order valence-electron chi connectivity index (χ3n) is 4.59. The number of aromatic nitrogens is 3. The van der Waals surface area contributed by atoms with Crippen LogP contribution in [0.3, 0.4) is 0 Å². The number of piperidine rings is 1. The van der Waals surface area contributed by atoms with Crippen molar-refractivity contribution in [1.82, 2.24) is 19.7 Å². The minimum atomic E-state index is -0.118. The molecule has 0 saturated carbocycles. The molecule has 6 nitrogen and oxygen atoms in total. The number of likely N-dealkylation sites (tertiary alicyclic amines) is 1. The van der Waals surface area contributed by atoms with Crippen molar-refractivity contribution in [2.24, 2.45) is 0 Å². The first-order chi connectivity index (χ1) is 11.2. The van der Waals surface area contributed by atoms with Gasteiger partial charge in [0.25, 0.3) is 0 Å². The zero-order chi connectivity index (χ0) is 16.2. The maximum absolute atomic E-state index is 11.7. The van der Waals surface area contributed by atoms with Crippen LogP contribution in [0, 0.1) is 11.3 Å². The van der Waals surface area contributed by atoms with E-state index in [-0.39, 0.29) is 5.69 Å². The van der Waals surface area contributed by atoms with E-state index in [9.17, 15) is 10.1 Å². The smallest absolute Gasteiger partial charge is 0.299 e. The van der Waals surface area contributed by atoms with Gasteiger partial charge in [0.05, 0.1) is 11.6 Å². The van der Waals surface area contributed by atoms with Gasteiger partial charge in [0.2, 0.25) is 0 Å². The molecule has 1 aromatic heterocycles. The molecule has 2 aromatic rings. The summed E-state index contributed by atoms with van der Waals surface area (Å²) in [4.78, 5) is 14.1. The van der Waals surface area contributed by atoms with Crippen LogP contribution in [0.5, 0.6) is 0 Å². The zero-order valence-electron chi connectivity index (χ0n) is 13.3. The first kappa shape index (κ1) is 15.5. The van der Waals surface area contributed by atoms with Crippen molar-refractivity contribution in [3.05, 3.63) is 51.7 Å². The molecular formula is C17H21N5O. The fourth-order valence-corrected chi connectivity index (χ4v) is 3.30. The van der Waals surface area contributed by atoms with E-state index in [4.69, 9.17) is 0 Å². The number of nitrogens with zero attached hydrogens (tertiary/aromatic N) is 4. The highest BCUT2D eigenvalue weighted by Gasteiger charge is 2.25. The third-order valence-corrected chi connectivity index (χ3v) is 4.59. The lowest BCUT2D eigenvalue weighted by molar-refractivity contribution is 0.200. The van der Waals surface area contributed by atoms with E-state index in [2.05, 4.69) is 21.2 Å². The van der Waals surface area contributed by atoms with Crippen molar-refractivity contribution in [3.8, 4) is 6.07 Å². The summed E-state index contributed by atoms with van der Waals surface area (Å²) in [5.41, 5.74) is 1.72. The summed E-state index contributed by atoms with van der Waals surface area (Å²) in [5, 5.41) is 16.0. The molecule has 120 valence electrons. The quantitative estimate of drug-likeness (QED) is 0.934. The molecule has 0 atom stereocenters. The molecule has 23 heavy (non-hydrogen) atoms. The summed E-state index contributed by atoms with van der Waals surface area (Å²) in [6.45, 7) is 5.33. The highest BCUT2D eigenvalue weighted by molar-refractivity contribution is 5.37. The van der Waals surface area contributed by atoms with Gasteiger partial charge >= 0.3 is 5.69 Å².